The second-order valence-electron chi connectivity index (χ2n) is 7.64. The van der Waals surface area contributed by atoms with E-state index in [1.807, 2.05) is 19.2 Å². The van der Waals surface area contributed by atoms with Crippen molar-refractivity contribution in [3.63, 3.8) is 0 Å². The summed E-state index contributed by atoms with van der Waals surface area (Å²) < 4.78 is 16.6. The lowest BCUT2D eigenvalue weighted by Gasteiger charge is -2.43. The summed E-state index contributed by atoms with van der Waals surface area (Å²) in [6.07, 6.45) is 6.22. The molecule has 7 heteroatoms. The van der Waals surface area contributed by atoms with Crippen molar-refractivity contribution in [2.45, 2.75) is 38.2 Å². The van der Waals surface area contributed by atoms with Crippen molar-refractivity contribution in [3.05, 3.63) is 12.1 Å². The Kier molecular flexibility index (Phi) is 4.72. The van der Waals surface area contributed by atoms with Crippen LogP contribution in [0.1, 0.15) is 32.1 Å². The van der Waals surface area contributed by atoms with E-state index < -0.39 is 0 Å². The molecule has 1 aliphatic carbocycles. The van der Waals surface area contributed by atoms with Crippen molar-refractivity contribution in [1.29, 1.82) is 0 Å². The van der Waals surface area contributed by atoms with Crippen molar-refractivity contribution in [2.75, 3.05) is 45.1 Å². The fraction of sp³-hybridized carbons (Fsp3) is 0.600. The van der Waals surface area contributed by atoms with Gasteiger partial charge in [-0.3, -0.25) is 0 Å². The van der Waals surface area contributed by atoms with Crippen molar-refractivity contribution in [1.82, 2.24) is 9.97 Å². The molecule has 1 saturated heterocycles. The molecule has 2 aromatic rings. The van der Waals surface area contributed by atoms with E-state index in [9.17, 15) is 0 Å². The van der Waals surface area contributed by atoms with E-state index >= 15 is 0 Å². The van der Waals surface area contributed by atoms with Crippen molar-refractivity contribution in [2.24, 2.45) is 5.41 Å². The lowest BCUT2D eigenvalue weighted by atomic mass is 9.76. The predicted octanol–water partition coefficient (Wildman–Crippen LogP) is 3.01. The number of anilines is 2. The number of ether oxygens (including phenoxy) is 3. The fourth-order valence-electron chi connectivity index (χ4n) is 4.88. The van der Waals surface area contributed by atoms with Gasteiger partial charge >= 0.3 is 0 Å². The number of hydrogen-bond donors (Lipinski definition) is 1. The van der Waals surface area contributed by atoms with E-state index in [-0.39, 0.29) is 5.41 Å². The summed E-state index contributed by atoms with van der Waals surface area (Å²) in [5.74, 6) is 2.41. The van der Waals surface area contributed by atoms with Gasteiger partial charge in [0.25, 0.3) is 0 Å². The van der Waals surface area contributed by atoms with Gasteiger partial charge in [-0.15, -0.1) is 0 Å². The number of nitrogens with zero attached hydrogens (tertiary/aromatic N) is 3. The molecular weight excluding hydrogens is 344 g/mol. The normalized spacial score (nSPS) is 25.3. The number of nitrogens with two attached hydrogens (primary N) is 1. The first-order valence-electron chi connectivity index (χ1n) is 9.57. The predicted molar refractivity (Wildman–Crippen MR) is 106 cm³/mol. The molecule has 0 radical (unpaired) electrons. The second kappa shape index (κ2) is 7.03. The zero-order valence-corrected chi connectivity index (χ0v) is 16.3. The molecule has 1 saturated carbocycles. The molecule has 1 aliphatic heterocycles. The molecule has 4 rings (SSSR count). The second-order valence-corrected chi connectivity index (χ2v) is 7.64. The first-order valence-corrected chi connectivity index (χ1v) is 9.57. The number of methoxy groups -OCH3 is 3. The van der Waals surface area contributed by atoms with Gasteiger partial charge in [-0.25, -0.2) is 4.98 Å². The molecule has 2 N–H and O–H groups in total. The highest BCUT2D eigenvalue weighted by atomic mass is 16.5. The summed E-state index contributed by atoms with van der Waals surface area (Å²) in [6.45, 7) is 1.86. The SMILES string of the molecule is COc1cc2nc(N3CCC[C@@]4(CCC[C@H]4OC)C3)nc(N)c2cc1OC. The lowest BCUT2D eigenvalue weighted by Crippen LogP contribution is -2.48. The van der Waals surface area contributed by atoms with Crippen LogP contribution in [0.3, 0.4) is 0 Å². The van der Waals surface area contributed by atoms with Crippen LogP contribution in [0.25, 0.3) is 10.9 Å². The Balaban J connectivity index is 1.71. The minimum absolute atomic E-state index is 0.206. The Labute approximate surface area is 159 Å². The minimum atomic E-state index is 0.206. The average Bonchev–Trinajstić information content (AvgIpc) is 3.08. The zero-order chi connectivity index (χ0) is 19.0. The summed E-state index contributed by atoms with van der Waals surface area (Å²) in [7, 11) is 5.06. The van der Waals surface area contributed by atoms with E-state index in [0.29, 0.717) is 29.4 Å². The van der Waals surface area contributed by atoms with E-state index in [4.69, 9.17) is 24.9 Å². The van der Waals surface area contributed by atoms with Crippen molar-refractivity contribution >= 4 is 22.7 Å². The summed E-state index contributed by atoms with van der Waals surface area (Å²) in [5.41, 5.74) is 7.25. The third kappa shape index (κ3) is 3.04. The number of rotatable bonds is 4. The largest absolute Gasteiger partial charge is 0.493 e. The average molecular weight is 372 g/mol. The monoisotopic (exact) mass is 372 g/mol. The highest BCUT2D eigenvalue weighted by Crippen LogP contribution is 2.47. The third-order valence-electron chi connectivity index (χ3n) is 6.22. The summed E-state index contributed by atoms with van der Waals surface area (Å²) >= 11 is 0. The Hall–Kier alpha value is -2.28. The number of aromatic nitrogens is 2. The van der Waals surface area contributed by atoms with E-state index in [1.165, 1.54) is 19.3 Å². The molecule has 2 aliphatic rings. The number of nitrogen functional groups attached to an aromatic ring is 1. The number of fused-ring (bicyclic) bond motifs is 1. The van der Waals surface area contributed by atoms with Crippen LogP contribution in [0.5, 0.6) is 11.5 Å². The number of benzene rings is 1. The molecule has 1 aromatic heterocycles. The molecule has 2 fully saturated rings. The Bertz CT molecular complexity index is 844. The maximum absolute atomic E-state index is 6.28. The number of hydrogen-bond acceptors (Lipinski definition) is 7. The van der Waals surface area contributed by atoms with E-state index in [1.54, 1.807) is 14.2 Å². The molecule has 7 nitrogen and oxygen atoms in total. The van der Waals surface area contributed by atoms with E-state index in [2.05, 4.69) is 9.88 Å². The maximum Gasteiger partial charge on any atom is 0.227 e. The van der Waals surface area contributed by atoms with Crippen LogP contribution in [0, 0.1) is 5.41 Å². The van der Waals surface area contributed by atoms with Crippen LogP contribution in [0.4, 0.5) is 11.8 Å². The fourth-order valence-corrected chi connectivity index (χ4v) is 4.88. The summed E-state index contributed by atoms with van der Waals surface area (Å²) in [6, 6.07) is 3.70. The van der Waals surface area contributed by atoms with Crippen molar-refractivity contribution < 1.29 is 14.2 Å². The standard InChI is InChI=1S/C20H28N4O3/c1-25-15-10-13-14(11-16(15)26-2)22-19(23-18(13)21)24-9-5-8-20(12-24)7-4-6-17(20)27-3/h10-11,17H,4-9,12H2,1-3H3,(H2,21,22,23)/t17-,20+/m1/s1. The quantitative estimate of drug-likeness (QED) is 0.883. The Morgan fingerprint density at radius 1 is 1.07 bits per heavy atom. The summed E-state index contributed by atoms with van der Waals surface area (Å²) in [5, 5.41) is 0.777. The maximum atomic E-state index is 6.28. The van der Waals surface area contributed by atoms with Gasteiger partial charge in [0.15, 0.2) is 11.5 Å². The Morgan fingerprint density at radius 3 is 2.56 bits per heavy atom. The minimum Gasteiger partial charge on any atom is -0.493 e. The van der Waals surface area contributed by atoms with Gasteiger partial charge in [-0.05, 0) is 31.7 Å². The van der Waals surface area contributed by atoms with Crippen LogP contribution < -0.4 is 20.1 Å². The molecule has 146 valence electrons. The Morgan fingerprint density at radius 2 is 1.81 bits per heavy atom. The van der Waals surface area contributed by atoms with Crippen LogP contribution >= 0.6 is 0 Å². The molecule has 27 heavy (non-hydrogen) atoms. The van der Waals surface area contributed by atoms with Gasteiger partial charge < -0.3 is 24.8 Å². The first kappa shape index (κ1) is 18.1. The lowest BCUT2D eigenvalue weighted by molar-refractivity contribution is 0.00205. The van der Waals surface area contributed by atoms with Gasteiger partial charge in [0.05, 0.1) is 25.8 Å². The molecule has 1 spiro atoms. The van der Waals surface area contributed by atoms with Gasteiger partial charge in [-0.2, -0.15) is 4.98 Å². The molecule has 0 unspecified atom stereocenters. The smallest absolute Gasteiger partial charge is 0.227 e. The topological polar surface area (TPSA) is 82.7 Å². The van der Waals surface area contributed by atoms with Crippen LogP contribution in [-0.4, -0.2) is 50.5 Å². The summed E-state index contributed by atoms with van der Waals surface area (Å²) in [4.78, 5) is 11.7. The molecule has 2 heterocycles. The van der Waals surface area contributed by atoms with Gasteiger partial charge in [-0.1, -0.05) is 6.42 Å². The van der Waals surface area contributed by atoms with Crippen LogP contribution in [0.15, 0.2) is 12.1 Å². The van der Waals surface area contributed by atoms with E-state index in [0.717, 1.165) is 36.8 Å². The van der Waals surface area contributed by atoms with Gasteiger partial charge in [0, 0.05) is 37.1 Å². The number of piperidine rings is 1. The third-order valence-corrected chi connectivity index (χ3v) is 6.22. The van der Waals surface area contributed by atoms with Crippen molar-refractivity contribution in [3.8, 4) is 11.5 Å². The molecule has 2 atom stereocenters. The molecule has 1 aromatic carbocycles. The first-order chi connectivity index (χ1) is 13.1. The highest BCUT2D eigenvalue weighted by molar-refractivity contribution is 5.91. The molecular formula is C20H28N4O3. The van der Waals surface area contributed by atoms with Gasteiger partial charge in [0.2, 0.25) is 5.95 Å². The van der Waals surface area contributed by atoms with Crippen LogP contribution in [0.2, 0.25) is 0 Å². The molecule has 0 bridgehead atoms. The molecule has 0 amide bonds. The van der Waals surface area contributed by atoms with Gasteiger partial charge in [0.1, 0.15) is 5.82 Å². The zero-order valence-electron chi connectivity index (χ0n) is 16.3. The highest BCUT2D eigenvalue weighted by Gasteiger charge is 2.46. The van der Waals surface area contributed by atoms with Crippen LogP contribution in [-0.2, 0) is 4.74 Å².